The zero-order valence-electron chi connectivity index (χ0n) is 9.85. The number of amides is 1. The molecule has 0 aromatic carbocycles. The fourth-order valence-corrected chi connectivity index (χ4v) is 1.60. The molecule has 5 nitrogen and oxygen atoms in total. The zero-order chi connectivity index (χ0) is 13.0. The van der Waals surface area contributed by atoms with Crippen LogP contribution in [0.15, 0.2) is 11.4 Å². The minimum Gasteiger partial charge on any atom is -0.394 e. The number of aliphatic hydroxyl groups excluding tert-OH is 1. The van der Waals surface area contributed by atoms with Crippen LogP contribution in [0.25, 0.3) is 0 Å². The van der Waals surface area contributed by atoms with Gasteiger partial charge in [-0.2, -0.15) is 0 Å². The maximum absolute atomic E-state index is 12.1. The Hall–Kier alpha value is -0.850. The molecule has 0 saturated carbocycles. The van der Waals surface area contributed by atoms with Gasteiger partial charge in [0.25, 0.3) is 5.91 Å². The summed E-state index contributed by atoms with van der Waals surface area (Å²) in [5.74, 6) is -0.325. The number of halogens is 1. The van der Waals surface area contributed by atoms with E-state index in [1.165, 1.54) is 22.9 Å². The lowest BCUT2D eigenvalue weighted by molar-refractivity contribution is 0.0675. The number of carbonyl (C=O) groups excluding carboxylic acids is 1. The Morgan fingerprint density at radius 2 is 2.35 bits per heavy atom. The van der Waals surface area contributed by atoms with E-state index in [2.05, 4.69) is 9.97 Å². The van der Waals surface area contributed by atoms with E-state index < -0.39 is 0 Å². The molecule has 1 rings (SSSR count). The Balaban J connectivity index is 3.02. The summed E-state index contributed by atoms with van der Waals surface area (Å²) in [6, 6.07) is -0.286. The highest BCUT2D eigenvalue weighted by Gasteiger charge is 2.21. The number of thioether (sulfide) groups is 1. The van der Waals surface area contributed by atoms with Crippen LogP contribution in [-0.2, 0) is 0 Å². The van der Waals surface area contributed by atoms with E-state index in [0.29, 0.717) is 5.16 Å². The van der Waals surface area contributed by atoms with Crippen LogP contribution in [0.2, 0.25) is 5.02 Å². The molecule has 0 fully saturated rings. The molecule has 1 amide bonds. The lowest BCUT2D eigenvalue weighted by atomic mass is 10.3. The third kappa shape index (κ3) is 3.31. The van der Waals surface area contributed by atoms with Crippen molar-refractivity contribution in [2.24, 2.45) is 0 Å². The average molecular weight is 276 g/mol. The third-order valence-corrected chi connectivity index (χ3v) is 3.19. The molecule has 1 heterocycles. The van der Waals surface area contributed by atoms with E-state index in [9.17, 15) is 4.79 Å². The van der Waals surface area contributed by atoms with Crippen molar-refractivity contribution in [3.8, 4) is 0 Å². The van der Waals surface area contributed by atoms with Crippen molar-refractivity contribution < 1.29 is 9.90 Å². The maximum Gasteiger partial charge on any atom is 0.274 e. The number of rotatable bonds is 4. The largest absolute Gasteiger partial charge is 0.394 e. The van der Waals surface area contributed by atoms with Crippen molar-refractivity contribution in [2.75, 3.05) is 19.9 Å². The van der Waals surface area contributed by atoms with Crippen LogP contribution in [0.1, 0.15) is 17.4 Å². The summed E-state index contributed by atoms with van der Waals surface area (Å²) in [7, 11) is 1.60. The summed E-state index contributed by atoms with van der Waals surface area (Å²) in [6.07, 6.45) is 3.22. The van der Waals surface area contributed by atoms with Gasteiger partial charge in [0.2, 0.25) is 0 Å². The average Bonchev–Trinajstić information content (AvgIpc) is 2.36. The summed E-state index contributed by atoms with van der Waals surface area (Å²) in [5, 5.41) is 9.71. The molecule has 0 radical (unpaired) electrons. The summed E-state index contributed by atoms with van der Waals surface area (Å²) >= 11 is 7.23. The van der Waals surface area contributed by atoms with Gasteiger partial charge in [-0.1, -0.05) is 23.4 Å². The topological polar surface area (TPSA) is 66.3 Å². The second kappa shape index (κ2) is 6.18. The van der Waals surface area contributed by atoms with Crippen molar-refractivity contribution in [2.45, 2.75) is 18.1 Å². The number of aromatic nitrogens is 2. The summed E-state index contributed by atoms with van der Waals surface area (Å²) in [4.78, 5) is 21.5. The molecule has 0 spiro atoms. The predicted molar refractivity (Wildman–Crippen MR) is 67.5 cm³/mol. The van der Waals surface area contributed by atoms with Gasteiger partial charge >= 0.3 is 0 Å². The predicted octanol–water partition coefficient (Wildman–Crippen LogP) is 1.30. The number of hydrogen-bond acceptors (Lipinski definition) is 5. The van der Waals surface area contributed by atoms with Crippen LogP contribution < -0.4 is 0 Å². The Bertz CT molecular complexity index is 417. The lowest BCUT2D eigenvalue weighted by Gasteiger charge is -2.23. The monoisotopic (exact) mass is 275 g/mol. The van der Waals surface area contributed by atoms with Crippen LogP contribution >= 0.6 is 23.4 Å². The lowest BCUT2D eigenvalue weighted by Crippen LogP contribution is -2.38. The molecule has 0 aliphatic heterocycles. The van der Waals surface area contributed by atoms with E-state index in [1.54, 1.807) is 14.0 Å². The smallest absolute Gasteiger partial charge is 0.274 e. The van der Waals surface area contributed by atoms with Gasteiger partial charge in [0, 0.05) is 7.05 Å². The normalized spacial score (nSPS) is 12.3. The summed E-state index contributed by atoms with van der Waals surface area (Å²) < 4.78 is 0. The highest BCUT2D eigenvalue weighted by molar-refractivity contribution is 7.98. The molecule has 17 heavy (non-hydrogen) atoms. The van der Waals surface area contributed by atoms with E-state index in [1.807, 2.05) is 6.26 Å². The van der Waals surface area contributed by atoms with Gasteiger partial charge in [-0.05, 0) is 13.2 Å². The quantitative estimate of drug-likeness (QED) is 0.663. The number of aliphatic hydroxyl groups is 1. The number of carbonyl (C=O) groups is 1. The summed E-state index contributed by atoms with van der Waals surface area (Å²) in [6.45, 7) is 1.63. The SMILES string of the molecule is CSc1ncc(Cl)c(C(=O)N(C)C(C)CO)n1. The molecular weight excluding hydrogens is 262 g/mol. The van der Waals surface area contributed by atoms with E-state index in [-0.39, 0.29) is 29.3 Å². The molecule has 1 unspecified atom stereocenters. The van der Waals surface area contributed by atoms with E-state index in [4.69, 9.17) is 16.7 Å². The molecule has 0 bridgehead atoms. The Labute approximate surface area is 109 Å². The molecule has 94 valence electrons. The molecule has 7 heteroatoms. The van der Waals surface area contributed by atoms with Gasteiger partial charge in [-0.3, -0.25) is 4.79 Å². The maximum atomic E-state index is 12.1. The van der Waals surface area contributed by atoms with Crippen LogP contribution in [0, 0.1) is 0 Å². The first kappa shape index (κ1) is 14.2. The van der Waals surface area contributed by atoms with Gasteiger partial charge in [0.1, 0.15) is 0 Å². The molecule has 1 atom stereocenters. The third-order valence-electron chi connectivity index (χ3n) is 2.35. The molecule has 1 aromatic rings. The van der Waals surface area contributed by atoms with Crippen molar-refractivity contribution in [3.63, 3.8) is 0 Å². The molecule has 1 aromatic heterocycles. The van der Waals surface area contributed by atoms with Crippen LogP contribution in [0.4, 0.5) is 0 Å². The number of likely N-dealkylation sites (N-methyl/N-ethyl adjacent to an activating group) is 1. The van der Waals surface area contributed by atoms with Crippen molar-refractivity contribution in [1.82, 2.24) is 14.9 Å². The van der Waals surface area contributed by atoms with Crippen LogP contribution in [0.3, 0.4) is 0 Å². The second-order valence-electron chi connectivity index (χ2n) is 3.50. The summed E-state index contributed by atoms with van der Waals surface area (Å²) in [5.41, 5.74) is 0.161. The zero-order valence-corrected chi connectivity index (χ0v) is 11.4. The van der Waals surface area contributed by atoms with Crippen LogP contribution in [-0.4, -0.2) is 51.8 Å². The molecule has 0 aliphatic rings. The number of nitrogens with zero attached hydrogens (tertiary/aromatic N) is 3. The fourth-order valence-electron chi connectivity index (χ4n) is 1.09. The van der Waals surface area contributed by atoms with E-state index in [0.717, 1.165) is 0 Å². The van der Waals surface area contributed by atoms with Crippen molar-refractivity contribution in [1.29, 1.82) is 0 Å². The highest BCUT2D eigenvalue weighted by atomic mass is 35.5. The minimum atomic E-state index is -0.325. The minimum absolute atomic E-state index is 0.111. The Kier molecular flexibility index (Phi) is 5.17. The van der Waals surface area contributed by atoms with Gasteiger partial charge < -0.3 is 10.0 Å². The van der Waals surface area contributed by atoms with Gasteiger partial charge in [0.15, 0.2) is 10.9 Å². The van der Waals surface area contributed by atoms with Crippen molar-refractivity contribution >= 4 is 29.3 Å². The Morgan fingerprint density at radius 1 is 1.71 bits per heavy atom. The first-order valence-electron chi connectivity index (χ1n) is 4.95. The van der Waals surface area contributed by atoms with Gasteiger partial charge in [-0.25, -0.2) is 9.97 Å². The molecule has 0 aliphatic carbocycles. The van der Waals surface area contributed by atoms with E-state index >= 15 is 0 Å². The second-order valence-corrected chi connectivity index (χ2v) is 4.68. The number of hydrogen-bond donors (Lipinski definition) is 1. The fraction of sp³-hybridized carbons (Fsp3) is 0.500. The highest BCUT2D eigenvalue weighted by Crippen LogP contribution is 2.18. The molecule has 1 N–H and O–H groups in total. The standard InChI is InChI=1S/C10H14ClN3O2S/c1-6(5-15)14(2)9(16)8-7(11)4-12-10(13-8)17-3/h4,6,15H,5H2,1-3H3. The van der Waals surface area contributed by atoms with Crippen molar-refractivity contribution in [3.05, 3.63) is 16.9 Å². The van der Waals surface area contributed by atoms with Gasteiger partial charge in [0.05, 0.1) is 23.9 Å². The Morgan fingerprint density at radius 3 is 2.88 bits per heavy atom. The molecule has 0 saturated heterocycles. The first-order chi connectivity index (χ1) is 8.01. The van der Waals surface area contributed by atoms with Crippen LogP contribution in [0.5, 0.6) is 0 Å². The first-order valence-corrected chi connectivity index (χ1v) is 6.56. The van der Waals surface area contributed by atoms with Gasteiger partial charge in [-0.15, -0.1) is 0 Å². The molecular formula is C10H14ClN3O2S.